The number of piperidine rings is 1. The second-order valence-electron chi connectivity index (χ2n) is 5.90. The number of carboxylic acid groups (broad SMARTS) is 1. The van der Waals surface area contributed by atoms with Gasteiger partial charge in [0.25, 0.3) is 5.79 Å². The molecule has 1 amide bonds. The van der Waals surface area contributed by atoms with Crippen LogP contribution in [0.4, 0.5) is 4.79 Å². The van der Waals surface area contributed by atoms with E-state index in [2.05, 4.69) is 0 Å². The van der Waals surface area contributed by atoms with E-state index in [9.17, 15) is 14.7 Å². The molecule has 0 unspecified atom stereocenters. The molecule has 0 aromatic rings. The summed E-state index contributed by atoms with van der Waals surface area (Å²) in [5, 5.41) is 9.32. The number of aliphatic carboxylic acids is 1. The van der Waals surface area contributed by atoms with Crippen LogP contribution >= 0.6 is 0 Å². The highest BCUT2D eigenvalue weighted by Crippen LogP contribution is 2.35. The standard InChI is InChI=1S/C13H19NO6/c1-12(2,3)20-11(17)14-5-4-13(18-6-7-19-13)8-9(14)10(15)16/h6-7,9H,4-5,8H2,1-3H3,(H,15,16)/t9-/m1/s1. The van der Waals surface area contributed by atoms with Gasteiger partial charge < -0.3 is 19.3 Å². The molecule has 7 heteroatoms. The predicted octanol–water partition coefficient (Wildman–Crippen LogP) is 1.68. The number of hydrogen-bond donors (Lipinski definition) is 1. The molecule has 2 aliphatic rings. The number of nitrogens with zero attached hydrogens (tertiary/aromatic N) is 1. The summed E-state index contributed by atoms with van der Waals surface area (Å²) in [5.41, 5.74) is -0.669. The lowest BCUT2D eigenvalue weighted by Gasteiger charge is -2.41. The molecular formula is C13H19NO6. The first-order chi connectivity index (χ1) is 9.22. The van der Waals surface area contributed by atoms with Gasteiger partial charge in [-0.05, 0) is 20.8 Å². The van der Waals surface area contributed by atoms with Crippen LogP contribution in [-0.2, 0) is 19.0 Å². The Hall–Kier alpha value is -1.92. The smallest absolute Gasteiger partial charge is 0.411 e. The van der Waals surface area contributed by atoms with Crippen LogP contribution in [0.15, 0.2) is 12.5 Å². The van der Waals surface area contributed by atoms with Crippen molar-refractivity contribution in [3.63, 3.8) is 0 Å². The highest BCUT2D eigenvalue weighted by molar-refractivity contribution is 5.80. The van der Waals surface area contributed by atoms with Gasteiger partial charge in [-0.25, -0.2) is 9.59 Å². The van der Waals surface area contributed by atoms with Crippen molar-refractivity contribution in [2.75, 3.05) is 6.54 Å². The molecule has 1 atom stereocenters. The number of rotatable bonds is 1. The van der Waals surface area contributed by atoms with E-state index in [0.717, 1.165) is 0 Å². The molecule has 20 heavy (non-hydrogen) atoms. The minimum atomic E-state index is -1.10. The Kier molecular flexibility index (Phi) is 3.54. The van der Waals surface area contributed by atoms with Gasteiger partial charge in [-0.3, -0.25) is 4.90 Å². The van der Waals surface area contributed by atoms with E-state index in [1.54, 1.807) is 20.8 Å². The fraction of sp³-hybridized carbons (Fsp3) is 0.692. The van der Waals surface area contributed by atoms with Crippen LogP contribution < -0.4 is 0 Å². The topological polar surface area (TPSA) is 85.3 Å². The first-order valence-electron chi connectivity index (χ1n) is 6.46. The number of ether oxygens (including phenoxy) is 3. The molecule has 0 saturated carbocycles. The van der Waals surface area contributed by atoms with Gasteiger partial charge in [-0.1, -0.05) is 0 Å². The van der Waals surface area contributed by atoms with E-state index in [4.69, 9.17) is 14.2 Å². The summed E-state index contributed by atoms with van der Waals surface area (Å²) < 4.78 is 15.9. The summed E-state index contributed by atoms with van der Waals surface area (Å²) in [4.78, 5) is 24.7. The molecule has 1 saturated heterocycles. The Morgan fingerprint density at radius 2 is 1.95 bits per heavy atom. The van der Waals surface area contributed by atoms with Gasteiger partial charge in [-0.2, -0.15) is 0 Å². The fourth-order valence-electron chi connectivity index (χ4n) is 2.26. The van der Waals surface area contributed by atoms with Crippen molar-refractivity contribution in [3.8, 4) is 0 Å². The monoisotopic (exact) mass is 285 g/mol. The number of carbonyl (C=O) groups excluding carboxylic acids is 1. The summed E-state index contributed by atoms with van der Waals surface area (Å²) in [5.74, 6) is -2.07. The summed E-state index contributed by atoms with van der Waals surface area (Å²) >= 11 is 0. The maximum Gasteiger partial charge on any atom is 0.411 e. The van der Waals surface area contributed by atoms with Crippen LogP contribution in [0.1, 0.15) is 33.6 Å². The minimum absolute atomic E-state index is 0.0641. The Bertz CT molecular complexity index is 431. The number of amides is 1. The second kappa shape index (κ2) is 4.88. The summed E-state index contributed by atoms with van der Waals surface area (Å²) in [7, 11) is 0. The van der Waals surface area contributed by atoms with Gasteiger partial charge in [0.1, 0.15) is 24.2 Å². The number of carboxylic acids is 1. The van der Waals surface area contributed by atoms with Crippen LogP contribution in [0.25, 0.3) is 0 Å². The molecule has 112 valence electrons. The van der Waals surface area contributed by atoms with Gasteiger partial charge in [0.05, 0.1) is 6.42 Å². The van der Waals surface area contributed by atoms with Gasteiger partial charge in [0.15, 0.2) is 0 Å². The average molecular weight is 285 g/mol. The van der Waals surface area contributed by atoms with Crippen molar-refractivity contribution in [1.29, 1.82) is 0 Å². The van der Waals surface area contributed by atoms with Crippen molar-refractivity contribution in [3.05, 3.63) is 12.5 Å². The van der Waals surface area contributed by atoms with Crippen LogP contribution in [0.3, 0.4) is 0 Å². The average Bonchev–Trinajstić information content (AvgIpc) is 2.75. The first kappa shape index (κ1) is 14.5. The third-order valence-corrected chi connectivity index (χ3v) is 3.15. The molecular weight excluding hydrogens is 266 g/mol. The first-order valence-corrected chi connectivity index (χ1v) is 6.46. The molecule has 2 aliphatic heterocycles. The van der Waals surface area contributed by atoms with Crippen molar-refractivity contribution in [1.82, 2.24) is 4.90 Å². The van der Waals surface area contributed by atoms with Crippen molar-refractivity contribution in [2.45, 2.75) is 51.0 Å². The molecule has 1 fully saturated rings. The summed E-state index contributed by atoms with van der Waals surface area (Å²) in [6.07, 6.45) is 2.60. The van der Waals surface area contributed by atoms with Crippen molar-refractivity contribution >= 4 is 12.1 Å². The molecule has 0 radical (unpaired) electrons. The van der Waals surface area contributed by atoms with E-state index >= 15 is 0 Å². The van der Waals surface area contributed by atoms with Crippen molar-refractivity contribution in [2.24, 2.45) is 0 Å². The second-order valence-corrected chi connectivity index (χ2v) is 5.90. The molecule has 0 aromatic carbocycles. The summed E-state index contributed by atoms with van der Waals surface area (Å²) in [6.45, 7) is 5.41. The molecule has 2 heterocycles. The fourth-order valence-corrected chi connectivity index (χ4v) is 2.26. The lowest BCUT2D eigenvalue weighted by atomic mass is 9.96. The zero-order chi connectivity index (χ0) is 15.0. The van der Waals surface area contributed by atoms with Crippen LogP contribution in [-0.4, -0.2) is 46.0 Å². The van der Waals surface area contributed by atoms with E-state index in [0.29, 0.717) is 6.42 Å². The van der Waals surface area contributed by atoms with E-state index in [1.165, 1.54) is 17.4 Å². The molecule has 1 spiro atoms. The quantitative estimate of drug-likeness (QED) is 0.789. The maximum atomic E-state index is 12.1. The van der Waals surface area contributed by atoms with E-state index < -0.39 is 29.5 Å². The lowest BCUT2D eigenvalue weighted by Crippen LogP contribution is -2.56. The van der Waals surface area contributed by atoms with E-state index in [1.807, 2.05) is 0 Å². The zero-order valence-electron chi connectivity index (χ0n) is 11.8. The normalized spacial score (nSPS) is 24.1. The molecule has 2 rings (SSSR count). The highest BCUT2D eigenvalue weighted by atomic mass is 16.7. The maximum absolute atomic E-state index is 12.1. The van der Waals surface area contributed by atoms with Gasteiger partial charge in [0.2, 0.25) is 0 Å². The molecule has 0 aliphatic carbocycles. The van der Waals surface area contributed by atoms with E-state index in [-0.39, 0.29) is 13.0 Å². The van der Waals surface area contributed by atoms with Crippen LogP contribution in [0, 0.1) is 0 Å². The zero-order valence-corrected chi connectivity index (χ0v) is 11.8. The molecule has 7 nitrogen and oxygen atoms in total. The summed E-state index contributed by atoms with van der Waals surface area (Å²) in [6, 6.07) is -1.03. The Morgan fingerprint density at radius 1 is 1.35 bits per heavy atom. The molecule has 0 aromatic heterocycles. The SMILES string of the molecule is CC(C)(C)OC(=O)N1CCC2(C[C@@H]1C(=O)O)OC=CO2. The number of hydrogen-bond acceptors (Lipinski definition) is 5. The van der Waals surface area contributed by atoms with Gasteiger partial charge >= 0.3 is 12.1 Å². The Labute approximate surface area is 117 Å². The van der Waals surface area contributed by atoms with Crippen LogP contribution in [0.2, 0.25) is 0 Å². The van der Waals surface area contributed by atoms with Gasteiger partial charge in [-0.15, -0.1) is 0 Å². The van der Waals surface area contributed by atoms with Crippen LogP contribution in [0.5, 0.6) is 0 Å². The van der Waals surface area contributed by atoms with Gasteiger partial charge in [0, 0.05) is 13.0 Å². The largest absolute Gasteiger partial charge is 0.480 e. The predicted molar refractivity (Wildman–Crippen MR) is 67.6 cm³/mol. The highest BCUT2D eigenvalue weighted by Gasteiger charge is 2.49. The molecule has 0 bridgehead atoms. The number of likely N-dealkylation sites (tertiary alicyclic amines) is 1. The Balaban J connectivity index is 2.10. The Morgan fingerprint density at radius 3 is 2.45 bits per heavy atom. The van der Waals surface area contributed by atoms with Crippen molar-refractivity contribution < 1.29 is 28.9 Å². The lowest BCUT2D eigenvalue weighted by molar-refractivity contribution is -0.190. The third-order valence-electron chi connectivity index (χ3n) is 3.15. The third kappa shape index (κ3) is 2.97. The minimum Gasteiger partial charge on any atom is -0.480 e. The molecule has 1 N–H and O–H groups in total. The number of carbonyl (C=O) groups is 2.